The maximum absolute atomic E-state index is 15.4. The van der Waals surface area contributed by atoms with Crippen LogP contribution in [0.25, 0.3) is 22.3 Å². The van der Waals surface area contributed by atoms with E-state index in [1.807, 2.05) is 13.0 Å². The summed E-state index contributed by atoms with van der Waals surface area (Å²) in [5.41, 5.74) is 0.645. The number of hydrogen-bond acceptors (Lipinski definition) is 8. The van der Waals surface area contributed by atoms with E-state index >= 15 is 4.39 Å². The van der Waals surface area contributed by atoms with Crippen molar-refractivity contribution in [2.45, 2.75) is 43.5 Å². The quantitative estimate of drug-likeness (QED) is 0.304. The Morgan fingerprint density at radius 2 is 1.81 bits per heavy atom. The van der Waals surface area contributed by atoms with Crippen LogP contribution in [0.2, 0.25) is 0 Å². The van der Waals surface area contributed by atoms with Crippen molar-refractivity contribution in [3.63, 3.8) is 0 Å². The van der Waals surface area contributed by atoms with E-state index in [0.29, 0.717) is 0 Å². The zero-order valence-electron chi connectivity index (χ0n) is 22.8. The number of aromatic nitrogens is 3. The number of methoxy groups -OCH3 is 1. The molecule has 0 unspecified atom stereocenters. The molecule has 3 heterocycles. The van der Waals surface area contributed by atoms with Crippen LogP contribution >= 0.6 is 0 Å². The van der Waals surface area contributed by atoms with Gasteiger partial charge in [0.15, 0.2) is 17.3 Å². The number of nitriles is 1. The van der Waals surface area contributed by atoms with E-state index in [9.17, 15) is 22.9 Å². The Kier molecular flexibility index (Phi) is 6.93. The Bertz CT molecular complexity index is 1860. The van der Waals surface area contributed by atoms with Crippen molar-refractivity contribution in [2.75, 3.05) is 12.4 Å². The molecule has 0 aliphatic heterocycles. The maximum atomic E-state index is 15.4. The van der Waals surface area contributed by atoms with Crippen molar-refractivity contribution in [3.05, 3.63) is 71.6 Å². The van der Waals surface area contributed by atoms with Crippen LogP contribution in [0.15, 0.2) is 53.7 Å². The minimum absolute atomic E-state index is 0.0150. The van der Waals surface area contributed by atoms with Crippen LogP contribution in [0, 0.1) is 47.6 Å². The summed E-state index contributed by atoms with van der Waals surface area (Å²) in [6.45, 7) is 1.82. The summed E-state index contributed by atoms with van der Waals surface area (Å²) in [5.74, 6) is -2.39. The normalized spacial score (nSPS) is 21.7. The number of nitrogens with zero attached hydrogens (tertiary/aromatic N) is 4. The van der Waals surface area contributed by atoms with Crippen molar-refractivity contribution in [3.8, 4) is 17.3 Å². The molecule has 2 atom stereocenters. The molecular weight excluding hydrogens is 564 g/mol. The molecule has 3 aliphatic rings. The molecule has 9 nitrogen and oxygen atoms in total. The molecule has 1 N–H and O–H groups in total. The van der Waals surface area contributed by atoms with Gasteiger partial charge >= 0.3 is 5.97 Å². The van der Waals surface area contributed by atoms with Crippen LogP contribution < -0.4 is 5.32 Å². The van der Waals surface area contributed by atoms with Crippen LogP contribution in [0.4, 0.5) is 14.6 Å². The number of rotatable bonds is 6. The molecule has 0 saturated heterocycles. The van der Waals surface area contributed by atoms with Crippen molar-refractivity contribution in [2.24, 2.45) is 17.8 Å². The van der Waals surface area contributed by atoms with Crippen LogP contribution in [-0.4, -0.2) is 41.5 Å². The van der Waals surface area contributed by atoms with E-state index in [2.05, 4.69) is 15.3 Å². The summed E-state index contributed by atoms with van der Waals surface area (Å²) in [4.78, 5) is 21.2. The van der Waals surface area contributed by atoms with Gasteiger partial charge < -0.3 is 10.1 Å². The van der Waals surface area contributed by atoms with E-state index in [-0.39, 0.29) is 56.4 Å². The average Bonchev–Trinajstić information content (AvgIpc) is 3.37. The number of hydrogen-bond donors (Lipinski definition) is 1. The Labute approximate surface area is 241 Å². The molecular formula is C30H27F2N5O4S. The van der Waals surface area contributed by atoms with Gasteiger partial charge in [-0.25, -0.2) is 31.1 Å². The van der Waals surface area contributed by atoms with Crippen LogP contribution in [0.3, 0.4) is 0 Å². The molecule has 12 heteroatoms. The number of carbonyl (C=O) groups excluding carboxylic acids is 1. The van der Waals surface area contributed by atoms with E-state index in [0.717, 1.165) is 53.5 Å². The lowest BCUT2D eigenvalue weighted by molar-refractivity contribution is -0.152. The van der Waals surface area contributed by atoms with Crippen molar-refractivity contribution in [1.82, 2.24) is 13.9 Å². The highest BCUT2D eigenvalue weighted by atomic mass is 32.2. The monoisotopic (exact) mass is 591 g/mol. The predicted octanol–water partition coefficient (Wildman–Crippen LogP) is 5.18. The third-order valence-corrected chi connectivity index (χ3v) is 10.2. The molecule has 2 bridgehead atoms. The molecule has 3 aromatic heterocycles. The smallest absolute Gasteiger partial charge is 0.311 e. The number of esters is 1. The van der Waals surface area contributed by atoms with E-state index < -0.39 is 33.6 Å². The molecule has 0 spiro atoms. The minimum Gasteiger partial charge on any atom is -0.469 e. The second-order valence-corrected chi connectivity index (χ2v) is 12.7. The van der Waals surface area contributed by atoms with Gasteiger partial charge in [0.2, 0.25) is 0 Å². The number of benzene rings is 1. The Morgan fingerprint density at radius 3 is 2.48 bits per heavy atom. The zero-order chi connectivity index (χ0) is 29.8. The molecule has 7 rings (SSSR count). The molecule has 0 radical (unpaired) electrons. The lowest BCUT2D eigenvalue weighted by Gasteiger charge is -2.47. The van der Waals surface area contributed by atoms with Gasteiger partial charge in [-0.1, -0.05) is 17.7 Å². The van der Waals surface area contributed by atoms with Crippen LogP contribution in [0.1, 0.15) is 36.8 Å². The number of halogens is 2. The molecule has 0 amide bonds. The predicted molar refractivity (Wildman–Crippen MR) is 150 cm³/mol. The zero-order valence-corrected chi connectivity index (χ0v) is 23.7. The van der Waals surface area contributed by atoms with Gasteiger partial charge in [0, 0.05) is 23.2 Å². The molecule has 3 saturated carbocycles. The first-order valence-electron chi connectivity index (χ1n) is 13.6. The third-order valence-electron chi connectivity index (χ3n) is 8.50. The SMILES string of the molecule is COC(=O)[C@H]1C2CCC(CC2)[C@@H]1Nc1nc(-c2cn(S(=O)(=O)c3ccc(C)cc3)c3ncc(F)cc23)c(C#N)cc1F. The molecule has 1 aromatic carbocycles. The second kappa shape index (κ2) is 10.5. The molecule has 3 aliphatic carbocycles. The highest BCUT2D eigenvalue weighted by molar-refractivity contribution is 7.90. The fourth-order valence-electron chi connectivity index (χ4n) is 6.42. The number of pyridine rings is 2. The summed E-state index contributed by atoms with van der Waals surface area (Å²) < 4.78 is 63.1. The second-order valence-electron chi connectivity index (χ2n) is 10.9. The Balaban J connectivity index is 1.50. The van der Waals surface area contributed by atoms with Gasteiger partial charge in [0.05, 0.1) is 35.4 Å². The Morgan fingerprint density at radius 1 is 1.12 bits per heavy atom. The highest BCUT2D eigenvalue weighted by Crippen LogP contribution is 2.47. The van der Waals surface area contributed by atoms with Gasteiger partial charge in [0.1, 0.15) is 11.9 Å². The summed E-state index contributed by atoms with van der Waals surface area (Å²) in [5, 5.41) is 13.1. The first kappa shape index (κ1) is 27.8. The third kappa shape index (κ3) is 4.58. The topological polar surface area (TPSA) is 127 Å². The first-order valence-corrected chi connectivity index (χ1v) is 15.0. The van der Waals surface area contributed by atoms with Gasteiger partial charge in [0.25, 0.3) is 10.0 Å². The average molecular weight is 592 g/mol. The van der Waals surface area contributed by atoms with Crippen molar-refractivity contribution < 1.29 is 26.7 Å². The molecule has 42 heavy (non-hydrogen) atoms. The van der Waals surface area contributed by atoms with E-state index in [4.69, 9.17) is 4.74 Å². The van der Waals surface area contributed by atoms with Crippen molar-refractivity contribution in [1.29, 1.82) is 5.26 Å². The van der Waals surface area contributed by atoms with Gasteiger partial charge in [-0.05, 0) is 68.7 Å². The van der Waals surface area contributed by atoms with E-state index in [1.54, 1.807) is 12.1 Å². The first-order chi connectivity index (χ1) is 20.1. The summed E-state index contributed by atoms with van der Waals surface area (Å²) in [6, 6.07) is 9.80. The Hall–Kier alpha value is -4.37. The van der Waals surface area contributed by atoms with Gasteiger partial charge in [-0.3, -0.25) is 4.79 Å². The fourth-order valence-corrected chi connectivity index (χ4v) is 7.74. The molecule has 216 valence electrons. The molecule has 3 fully saturated rings. The van der Waals surface area contributed by atoms with Crippen molar-refractivity contribution >= 4 is 32.8 Å². The number of aryl methyl sites for hydroxylation is 1. The lowest BCUT2D eigenvalue weighted by atomic mass is 9.61. The fraction of sp³-hybridized carbons (Fsp3) is 0.333. The standard InChI is InChI=1S/C30H27F2N5O4S/c1-16-3-9-21(10-4-16)42(39,40)37-15-23(22-12-20(31)14-34-29(22)37)26-19(13-33)11-24(32)28(35-26)36-27-18-7-5-17(6-8-18)25(27)30(38)41-2/h3-4,9-12,14-15,17-18,25,27H,5-8H2,1-2H3,(H,35,36)/t17?,18?,25-,27-/m0/s1. The number of ether oxygens (including phenoxy) is 1. The number of carbonyl (C=O) groups is 1. The molecule has 4 aromatic rings. The van der Waals surface area contributed by atoms with Crippen LogP contribution in [0.5, 0.6) is 0 Å². The van der Waals surface area contributed by atoms with Gasteiger partial charge in [-0.2, -0.15) is 5.26 Å². The number of nitrogens with one attached hydrogen (secondary N) is 1. The summed E-state index contributed by atoms with van der Waals surface area (Å²) in [6.07, 6.45) is 5.62. The summed E-state index contributed by atoms with van der Waals surface area (Å²) >= 11 is 0. The number of fused-ring (bicyclic) bond motifs is 4. The maximum Gasteiger partial charge on any atom is 0.311 e. The van der Waals surface area contributed by atoms with Gasteiger partial charge in [-0.15, -0.1) is 0 Å². The van der Waals surface area contributed by atoms with E-state index in [1.165, 1.54) is 25.4 Å². The highest BCUT2D eigenvalue weighted by Gasteiger charge is 2.48. The minimum atomic E-state index is -4.19. The largest absolute Gasteiger partial charge is 0.469 e. The lowest BCUT2D eigenvalue weighted by Crippen LogP contribution is -2.52. The number of anilines is 1. The summed E-state index contributed by atoms with van der Waals surface area (Å²) in [7, 11) is -2.86. The van der Waals surface area contributed by atoms with Crippen LogP contribution in [-0.2, 0) is 19.6 Å².